The second-order valence-electron chi connectivity index (χ2n) is 3.54. The summed E-state index contributed by atoms with van der Waals surface area (Å²) in [5, 5.41) is 13.7. The molecule has 0 aromatic heterocycles. The number of rotatable bonds is 7. The van der Waals surface area contributed by atoms with E-state index in [1.165, 1.54) is 0 Å². The lowest BCUT2D eigenvalue weighted by atomic mass is 10.2. The van der Waals surface area contributed by atoms with E-state index in [0.717, 1.165) is 6.42 Å². The van der Waals surface area contributed by atoms with Crippen LogP contribution in [0.4, 0.5) is 4.79 Å². The molecule has 0 saturated carbocycles. The van der Waals surface area contributed by atoms with Gasteiger partial charge in [-0.05, 0) is 19.8 Å². The van der Waals surface area contributed by atoms with Crippen LogP contribution in [-0.4, -0.2) is 29.7 Å². The highest BCUT2D eigenvalue weighted by atomic mass is 16.4. The molecular formula is C11H18N2O3. The Morgan fingerprint density at radius 2 is 2.19 bits per heavy atom. The number of carbonyl (C=O) groups is 2. The third kappa shape index (κ3) is 8.88. The van der Waals surface area contributed by atoms with E-state index in [9.17, 15) is 9.59 Å². The van der Waals surface area contributed by atoms with Crippen molar-refractivity contribution in [3.63, 3.8) is 0 Å². The number of hydrogen-bond acceptors (Lipinski definition) is 2. The van der Waals surface area contributed by atoms with Gasteiger partial charge in [0.05, 0.1) is 0 Å². The van der Waals surface area contributed by atoms with E-state index < -0.39 is 5.97 Å². The second-order valence-corrected chi connectivity index (χ2v) is 3.54. The molecule has 0 heterocycles. The van der Waals surface area contributed by atoms with Crippen LogP contribution in [-0.2, 0) is 4.79 Å². The molecule has 1 atom stereocenters. The predicted octanol–water partition coefficient (Wildman–Crippen LogP) is 0.952. The molecule has 5 heteroatoms. The Hall–Kier alpha value is -1.70. The van der Waals surface area contributed by atoms with Crippen LogP contribution in [0.15, 0.2) is 0 Å². The summed E-state index contributed by atoms with van der Waals surface area (Å²) in [6, 6.07) is -0.432. The van der Waals surface area contributed by atoms with Gasteiger partial charge in [0.1, 0.15) is 0 Å². The zero-order valence-corrected chi connectivity index (χ0v) is 9.45. The number of terminal acetylenes is 1. The normalized spacial score (nSPS) is 11.2. The summed E-state index contributed by atoms with van der Waals surface area (Å²) in [6.07, 6.45) is 6.92. The summed E-state index contributed by atoms with van der Waals surface area (Å²) in [6.45, 7) is 2.30. The van der Waals surface area contributed by atoms with Crippen molar-refractivity contribution in [2.75, 3.05) is 6.54 Å². The summed E-state index contributed by atoms with van der Waals surface area (Å²) in [5.41, 5.74) is 0. The molecule has 2 amide bonds. The molecule has 0 radical (unpaired) electrons. The van der Waals surface area contributed by atoms with Gasteiger partial charge in [0, 0.05) is 25.4 Å². The molecule has 1 unspecified atom stereocenters. The van der Waals surface area contributed by atoms with Gasteiger partial charge in [0.2, 0.25) is 0 Å². The minimum absolute atomic E-state index is 0.0541. The van der Waals surface area contributed by atoms with Crippen LogP contribution in [0.3, 0.4) is 0 Å². The SMILES string of the molecule is C#CCCCNC(=O)NC(C)CCC(=O)O. The molecule has 90 valence electrons. The van der Waals surface area contributed by atoms with Gasteiger partial charge in [-0.15, -0.1) is 12.3 Å². The Balaban J connectivity index is 3.54. The summed E-state index contributed by atoms with van der Waals surface area (Å²) in [7, 11) is 0. The fraction of sp³-hybridized carbons (Fsp3) is 0.636. The van der Waals surface area contributed by atoms with Crippen molar-refractivity contribution in [3.8, 4) is 12.3 Å². The molecule has 0 aliphatic rings. The van der Waals surface area contributed by atoms with Crippen LogP contribution in [0.2, 0.25) is 0 Å². The zero-order valence-electron chi connectivity index (χ0n) is 9.45. The molecule has 0 aliphatic carbocycles. The monoisotopic (exact) mass is 226 g/mol. The van der Waals surface area contributed by atoms with Crippen molar-refractivity contribution in [2.24, 2.45) is 0 Å². The van der Waals surface area contributed by atoms with Gasteiger partial charge in [0.15, 0.2) is 0 Å². The van der Waals surface area contributed by atoms with Crippen LogP contribution in [0, 0.1) is 12.3 Å². The molecule has 0 bridgehead atoms. The number of carbonyl (C=O) groups excluding carboxylic acids is 1. The van der Waals surface area contributed by atoms with Crippen molar-refractivity contribution >= 4 is 12.0 Å². The minimum Gasteiger partial charge on any atom is -0.481 e. The van der Waals surface area contributed by atoms with Crippen LogP contribution in [0.5, 0.6) is 0 Å². The molecule has 0 rings (SSSR count). The Kier molecular flexibility index (Phi) is 7.68. The molecule has 0 aliphatic heterocycles. The number of nitrogens with one attached hydrogen (secondary N) is 2. The van der Waals surface area contributed by atoms with Crippen LogP contribution in [0.1, 0.15) is 32.6 Å². The zero-order chi connectivity index (χ0) is 12.4. The highest BCUT2D eigenvalue weighted by molar-refractivity contribution is 5.74. The van der Waals surface area contributed by atoms with Gasteiger partial charge in [-0.25, -0.2) is 4.79 Å². The molecule has 3 N–H and O–H groups in total. The van der Waals surface area contributed by atoms with E-state index in [1.54, 1.807) is 6.92 Å². The molecule has 16 heavy (non-hydrogen) atoms. The number of amides is 2. The fourth-order valence-corrected chi connectivity index (χ4v) is 1.08. The van der Waals surface area contributed by atoms with Gasteiger partial charge >= 0.3 is 12.0 Å². The van der Waals surface area contributed by atoms with Crippen molar-refractivity contribution < 1.29 is 14.7 Å². The predicted molar refractivity (Wildman–Crippen MR) is 60.9 cm³/mol. The minimum atomic E-state index is -0.858. The first-order chi connectivity index (χ1) is 7.56. The quantitative estimate of drug-likeness (QED) is 0.447. The summed E-state index contributed by atoms with van der Waals surface area (Å²) in [5.74, 6) is 1.62. The molecule has 5 nitrogen and oxygen atoms in total. The number of urea groups is 1. The number of unbranched alkanes of at least 4 members (excludes halogenated alkanes) is 1. The summed E-state index contributed by atoms with van der Waals surface area (Å²) in [4.78, 5) is 21.5. The average molecular weight is 226 g/mol. The third-order valence-corrected chi connectivity index (χ3v) is 1.95. The smallest absolute Gasteiger partial charge is 0.314 e. The maximum atomic E-state index is 11.2. The van der Waals surface area contributed by atoms with Gasteiger partial charge < -0.3 is 15.7 Å². The average Bonchev–Trinajstić information content (AvgIpc) is 2.21. The van der Waals surface area contributed by atoms with E-state index in [-0.39, 0.29) is 18.5 Å². The molecule has 0 fully saturated rings. The van der Waals surface area contributed by atoms with Crippen molar-refractivity contribution in [2.45, 2.75) is 38.6 Å². The maximum Gasteiger partial charge on any atom is 0.314 e. The van der Waals surface area contributed by atoms with E-state index in [2.05, 4.69) is 16.6 Å². The number of carboxylic acids is 1. The van der Waals surface area contributed by atoms with E-state index >= 15 is 0 Å². The third-order valence-electron chi connectivity index (χ3n) is 1.95. The maximum absolute atomic E-state index is 11.2. The Morgan fingerprint density at radius 1 is 1.50 bits per heavy atom. The lowest BCUT2D eigenvalue weighted by Crippen LogP contribution is -2.41. The van der Waals surface area contributed by atoms with E-state index in [0.29, 0.717) is 19.4 Å². The Morgan fingerprint density at radius 3 is 2.75 bits per heavy atom. The van der Waals surface area contributed by atoms with Crippen molar-refractivity contribution in [3.05, 3.63) is 0 Å². The Bertz CT molecular complexity index is 271. The number of hydrogen-bond donors (Lipinski definition) is 3. The highest BCUT2D eigenvalue weighted by Crippen LogP contribution is 1.95. The second kappa shape index (κ2) is 8.60. The lowest BCUT2D eigenvalue weighted by molar-refractivity contribution is -0.137. The first kappa shape index (κ1) is 14.3. The van der Waals surface area contributed by atoms with Gasteiger partial charge in [-0.2, -0.15) is 0 Å². The van der Waals surface area contributed by atoms with Crippen molar-refractivity contribution in [1.82, 2.24) is 10.6 Å². The first-order valence-corrected chi connectivity index (χ1v) is 5.26. The van der Waals surface area contributed by atoms with Crippen LogP contribution in [0.25, 0.3) is 0 Å². The highest BCUT2D eigenvalue weighted by Gasteiger charge is 2.08. The summed E-state index contributed by atoms with van der Waals surface area (Å²) >= 11 is 0. The number of aliphatic carboxylic acids is 1. The molecule has 0 spiro atoms. The standard InChI is InChI=1S/C11H18N2O3/c1-3-4-5-8-12-11(16)13-9(2)6-7-10(14)15/h1,9H,4-8H2,2H3,(H,14,15)(H2,12,13,16). The molecule has 0 aromatic carbocycles. The van der Waals surface area contributed by atoms with Gasteiger partial charge in [-0.3, -0.25) is 4.79 Å². The van der Waals surface area contributed by atoms with E-state index in [1.807, 2.05) is 0 Å². The van der Waals surface area contributed by atoms with Gasteiger partial charge in [0.25, 0.3) is 0 Å². The molecule has 0 aromatic rings. The van der Waals surface area contributed by atoms with Crippen molar-refractivity contribution in [1.29, 1.82) is 0 Å². The lowest BCUT2D eigenvalue weighted by Gasteiger charge is -2.13. The topological polar surface area (TPSA) is 78.4 Å². The van der Waals surface area contributed by atoms with Crippen LogP contribution >= 0.6 is 0 Å². The number of carboxylic acid groups (broad SMARTS) is 1. The Labute approximate surface area is 95.6 Å². The van der Waals surface area contributed by atoms with E-state index in [4.69, 9.17) is 11.5 Å². The van der Waals surface area contributed by atoms with Crippen LogP contribution < -0.4 is 10.6 Å². The largest absolute Gasteiger partial charge is 0.481 e. The summed E-state index contributed by atoms with van der Waals surface area (Å²) < 4.78 is 0. The fourth-order valence-electron chi connectivity index (χ4n) is 1.08. The van der Waals surface area contributed by atoms with Gasteiger partial charge in [-0.1, -0.05) is 0 Å². The first-order valence-electron chi connectivity index (χ1n) is 5.26. The molecule has 0 saturated heterocycles. The molecular weight excluding hydrogens is 208 g/mol.